The van der Waals surface area contributed by atoms with Crippen molar-refractivity contribution < 1.29 is 19.2 Å². The quantitative estimate of drug-likeness (QED) is 0.701. The molecular weight excluding hydrogens is 336 g/mol. The largest absolute Gasteiger partial charge is 0.336 e. The summed E-state index contributed by atoms with van der Waals surface area (Å²) in [6.07, 6.45) is 2.09. The predicted octanol–water partition coefficient (Wildman–Crippen LogP) is 1.00. The van der Waals surface area contributed by atoms with Crippen LogP contribution < -0.4 is 16.0 Å². The van der Waals surface area contributed by atoms with Gasteiger partial charge in [-0.2, -0.15) is 0 Å². The zero-order chi connectivity index (χ0) is 18.9. The SMILES string of the molecule is CC(C)NC(=O)NC(=O)CN1C(=O)N[C@]2(CCCc3ccccc32)C1=O. The third-order valence-corrected chi connectivity index (χ3v) is 4.63. The second-order valence-corrected chi connectivity index (χ2v) is 6.91. The van der Waals surface area contributed by atoms with Crippen molar-refractivity contribution in [1.29, 1.82) is 0 Å². The molecule has 0 aromatic heterocycles. The second kappa shape index (κ2) is 6.78. The summed E-state index contributed by atoms with van der Waals surface area (Å²) in [5.74, 6) is -1.16. The molecule has 2 aliphatic rings. The van der Waals surface area contributed by atoms with E-state index in [-0.39, 0.29) is 6.04 Å². The maximum absolute atomic E-state index is 13.0. The molecule has 8 heteroatoms. The van der Waals surface area contributed by atoms with Gasteiger partial charge in [-0.25, -0.2) is 9.59 Å². The van der Waals surface area contributed by atoms with E-state index in [0.29, 0.717) is 6.42 Å². The predicted molar refractivity (Wildman–Crippen MR) is 93.1 cm³/mol. The van der Waals surface area contributed by atoms with Gasteiger partial charge in [0, 0.05) is 6.04 Å². The van der Waals surface area contributed by atoms with E-state index in [9.17, 15) is 19.2 Å². The van der Waals surface area contributed by atoms with Gasteiger partial charge in [0.05, 0.1) is 0 Å². The number of rotatable bonds is 3. The number of aryl methyl sites for hydroxylation is 1. The molecule has 1 aliphatic carbocycles. The summed E-state index contributed by atoms with van der Waals surface area (Å²) >= 11 is 0. The molecule has 0 bridgehead atoms. The van der Waals surface area contributed by atoms with Crippen molar-refractivity contribution in [2.45, 2.75) is 44.7 Å². The van der Waals surface area contributed by atoms with Crippen molar-refractivity contribution in [2.24, 2.45) is 0 Å². The van der Waals surface area contributed by atoms with E-state index in [4.69, 9.17) is 0 Å². The summed E-state index contributed by atoms with van der Waals surface area (Å²) in [5.41, 5.74) is 0.687. The number of nitrogens with one attached hydrogen (secondary N) is 3. The summed E-state index contributed by atoms with van der Waals surface area (Å²) in [6.45, 7) is 3.01. The number of amides is 6. The van der Waals surface area contributed by atoms with Crippen molar-refractivity contribution in [3.05, 3.63) is 35.4 Å². The molecule has 8 nitrogen and oxygen atoms in total. The number of nitrogens with zero attached hydrogens (tertiary/aromatic N) is 1. The molecular formula is C18H22N4O4. The summed E-state index contributed by atoms with van der Waals surface area (Å²) in [7, 11) is 0. The Balaban J connectivity index is 1.76. The topological polar surface area (TPSA) is 108 Å². The smallest absolute Gasteiger partial charge is 0.325 e. The minimum Gasteiger partial charge on any atom is -0.336 e. The molecule has 138 valence electrons. The fourth-order valence-electron chi connectivity index (χ4n) is 3.56. The van der Waals surface area contributed by atoms with Crippen LogP contribution in [0.4, 0.5) is 9.59 Å². The zero-order valence-corrected chi connectivity index (χ0v) is 14.8. The Bertz CT molecular complexity index is 776. The Labute approximate surface area is 151 Å². The third-order valence-electron chi connectivity index (χ3n) is 4.63. The van der Waals surface area contributed by atoms with Gasteiger partial charge in [-0.3, -0.25) is 19.8 Å². The lowest BCUT2D eigenvalue weighted by atomic mass is 9.76. The van der Waals surface area contributed by atoms with Crippen molar-refractivity contribution in [3.63, 3.8) is 0 Å². The molecule has 0 unspecified atom stereocenters. The number of carbonyl (C=O) groups is 4. The van der Waals surface area contributed by atoms with Crippen molar-refractivity contribution in [2.75, 3.05) is 6.54 Å². The molecule has 1 atom stereocenters. The van der Waals surface area contributed by atoms with E-state index < -0.39 is 36.0 Å². The molecule has 1 aromatic carbocycles. The fourth-order valence-corrected chi connectivity index (χ4v) is 3.56. The highest BCUT2D eigenvalue weighted by atomic mass is 16.2. The highest BCUT2D eigenvalue weighted by Crippen LogP contribution is 2.39. The third kappa shape index (κ3) is 3.14. The number of carbonyl (C=O) groups excluding carboxylic acids is 4. The summed E-state index contributed by atoms with van der Waals surface area (Å²) in [4.78, 5) is 49.9. The molecule has 1 fully saturated rings. The molecule has 3 N–H and O–H groups in total. The molecule has 26 heavy (non-hydrogen) atoms. The Morgan fingerprint density at radius 2 is 2.00 bits per heavy atom. The minimum absolute atomic E-state index is 0.137. The standard InChI is InChI=1S/C18H22N4O4/c1-11(2)19-16(25)20-14(23)10-22-15(24)18(21-17(22)26)9-5-7-12-6-3-4-8-13(12)18/h3-4,6,8,11H,5,7,9-10H2,1-2H3,(H,21,26)(H2,19,20,23,25)/t18-/m0/s1. The van der Waals surface area contributed by atoms with Crippen LogP contribution in [0.2, 0.25) is 0 Å². The van der Waals surface area contributed by atoms with E-state index in [1.165, 1.54) is 0 Å². The van der Waals surface area contributed by atoms with Gasteiger partial charge in [0.2, 0.25) is 5.91 Å². The van der Waals surface area contributed by atoms with Crippen LogP contribution in [-0.2, 0) is 21.5 Å². The average Bonchev–Trinajstić information content (AvgIpc) is 2.79. The van der Waals surface area contributed by atoms with E-state index in [1.807, 2.05) is 24.3 Å². The van der Waals surface area contributed by atoms with Crippen LogP contribution in [0.15, 0.2) is 24.3 Å². The monoisotopic (exact) mass is 358 g/mol. The molecule has 6 amide bonds. The fraction of sp³-hybridized carbons (Fsp3) is 0.444. The summed E-state index contributed by atoms with van der Waals surface area (Å²) in [6, 6.07) is 6.10. The highest BCUT2D eigenvalue weighted by molar-refractivity contribution is 6.10. The molecule has 1 aromatic rings. The number of fused-ring (bicyclic) bond motifs is 2. The van der Waals surface area contributed by atoms with Crippen molar-refractivity contribution in [1.82, 2.24) is 20.9 Å². The van der Waals surface area contributed by atoms with Crippen molar-refractivity contribution >= 4 is 23.9 Å². The maximum atomic E-state index is 13.0. The highest BCUT2D eigenvalue weighted by Gasteiger charge is 2.54. The van der Waals surface area contributed by atoms with Gasteiger partial charge in [0.25, 0.3) is 5.91 Å². The van der Waals surface area contributed by atoms with Gasteiger partial charge in [0.15, 0.2) is 0 Å². The van der Waals surface area contributed by atoms with Crippen LogP contribution in [0.1, 0.15) is 37.8 Å². The molecule has 1 saturated heterocycles. The molecule has 1 heterocycles. The van der Waals surface area contributed by atoms with E-state index in [0.717, 1.165) is 28.9 Å². The van der Waals surface area contributed by atoms with Gasteiger partial charge >= 0.3 is 12.1 Å². The zero-order valence-electron chi connectivity index (χ0n) is 14.8. The van der Waals surface area contributed by atoms with Gasteiger partial charge in [-0.05, 0) is 44.2 Å². The molecule has 0 saturated carbocycles. The van der Waals surface area contributed by atoms with Crippen LogP contribution in [0.25, 0.3) is 0 Å². The normalized spacial score (nSPS) is 21.6. The number of imide groups is 2. The number of urea groups is 2. The molecule has 0 radical (unpaired) electrons. The van der Waals surface area contributed by atoms with Gasteiger partial charge in [-0.15, -0.1) is 0 Å². The number of hydrogen-bond acceptors (Lipinski definition) is 4. The Morgan fingerprint density at radius 1 is 1.27 bits per heavy atom. The van der Waals surface area contributed by atoms with Crippen LogP contribution in [0.3, 0.4) is 0 Å². The lowest BCUT2D eigenvalue weighted by molar-refractivity contribution is -0.135. The van der Waals surface area contributed by atoms with Crippen LogP contribution in [0, 0.1) is 0 Å². The lowest BCUT2D eigenvalue weighted by Gasteiger charge is -2.33. The van der Waals surface area contributed by atoms with Crippen molar-refractivity contribution in [3.8, 4) is 0 Å². The summed E-state index contributed by atoms with van der Waals surface area (Å²) in [5, 5.41) is 7.42. The van der Waals surface area contributed by atoms with E-state index in [1.54, 1.807) is 13.8 Å². The number of hydrogen-bond donors (Lipinski definition) is 3. The van der Waals surface area contributed by atoms with Crippen LogP contribution in [0.5, 0.6) is 0 Å². The maximum Gasteiger partial charge on any atom is 0.325 e. The molecule has 3 rings (SSSR count). The first kappa shape index (κ1) is 17.9. The number of benzene rings is 1. The van der Waals surface area contributed by atoms with Gasteiger partial charge < -0.3 is 10.6 Å². The van der Waals surface area contributed by atoms with Crippen LogP contribution >= 0.6 is 0 Å². The van der Waals surface area contributed by atoms with Gasteiger partial charge in [0.1, 0.15) is 12.1 Å². The first-order chi connectivity index (χ1) is 12.3. The first-order valence-electron chi connectivity index (χ1n) is 8.66. The molecule has 1 aliphatic heterocycles. The van der Waals surface area contributed by atoms with Gasteiger partial charge in [-0.1, -0.05) is 24.3 Å². The molecule has 1 spiro atoms. The Hall–Kier alpha value is -2.90. The van der Waals surface area contributed by atoms with E-state index in [2.05, 4.69) is 16.0 Å². The second-order valence-electron chi connectivity index (χ2n) is 6.91. The van der Waals surface area contributed by atoms with Crippen LogP contribution in [-0.4, -0.2) is 41.4 Å². The Morgan fingerprint density at radius 3 is 2.73 bits per heavy atom. The Kier molecular flexibility index (Phi) is 4.67. The average molecular weight is 358 g/mol. The summed E-state index contributed by atoms with van der Waals surface area (Å²) < 4.78 is 0. The first-order valence-corrected chi connectivity index (χ1v) is 8.66. The van der Waals surface area contributed by atoms with E-state index >= 15 is 0 Å². The lowest BCUT2D eigenvalue weighted by Crippen LogP contribution is -2.49. The minimum atomic E-state index is -1.12.